The Hall–Kier alpha value is -3.27. The lowest BCUT2D eigenvalue weighted by atomic mass is 10.2. The van der Waals surface area contributed by atoms with Gasteiger partial charge >= 0.3 is 5.78 Å². The first kappa shape index (κ1) is 15.3. The normalized spacial score (nSPS) is 11.4. The van der Waals surface area contributed by atoms with Gasteiger partial charge in [-0.1, -0.05) is 65.6 Å². The summed E-state index contributed by atoms with van der Waals surface area (Å²) in [5.41, 5.74) is 5.38. The molecule has 4 rings (SSSR count). The molecule has 0 unspecified atom stereocenters. The number of hydrogen-bond acceptors (Lipinski definition) is 2. The van der Waals surface area contributed by atoms with Gasteiger partial charge in [0.2, 0.25) is 0 Å². The van der Waals surface area contributed by atoms with Gasteiger partial charge in [0.1, 0.15) is 17.6 Å². The van der Waals surface area contributed by atoms with Crippen LogP contribution in [0.4, 0.5) is 0 Å². The number of fused-ring (bicyclic) bond motifs is 1. The Bertz CT molecular complexity index is 1050. The van der Waals surface area contributed by atoms with Gasteiger partial charge in [0.15, 0.2) is 0 Å². The van der Waals surface area contributed by atoms with Crippen LogP contribution in [0, 0.1) is 13.8 Å². The molecule has 0 fully saturated rings. The average Bonchev–Trinajstić information content (AvgIpc) is 3.00. The maximum Gasteiger partial charge on any atom is 0.428 e. The summed E-state index contributed by atoms with van der Waals surface area (Å²) >= 11 is 0. The smallest absolute Gasteiger partial charge is 0.194 e. The third-order valence-corrected chi connectivity index (χ3v) is 4.14. The summed E-state index contributed by atoms with van der Waals surface area (Å²) in [5.74, 6) is 0.809. The number of rotatable bonds is 3. The highest BCUT2D eigenvalue weighted by molar-refractivity contribution is 5.79. The van der Waals surface area contributed by atoms with Crippen LogP contribution in [0.15, 0.2) is 78.0 Å². The third-order valence-electron chi connectivity index (χ3n) is 4.14. The quantitative estimate of drug-likeness (QED) is 0.416. The molecular weight excluding hydrogens is 308 g/mol. The van der Waals surface area contributed by atoms with Crippen LogP contribution in [0.3, 0.4) is 0 Å². The van der Waals surface area contributed by atoms with Gasteiger partial charge < -0.3 is 0 Å². The summed E-state index contributed by atoms with van der Waals surface area (Å²) in [6.07, 6.45) is 3.89. The van der Waals surface area contributed by atoms with Gasteiger partial charge in [-0.3, -0.25) is 0 Å². The van der Waals surface area contributed by atoms with Crippen LogP contribution < -0.4 is 4.40 Å². The van der Waals surface area contributed by atoms with E-state index in [1.807, 2.05) is 72.5 Å². The molecular formula is C21H19N4+. The fraction of sp³-hybridized carbons (Fsp3) is 0.0952. The van der Waals surface area contributed by atoms with Crippen LogP contribution in [-0.2, 0) is 0 Å². The van der Waals surface area contributed by atoms with Crippen LogP contribution in [0.5, 0.6) is 0 Å². The van der Waals surface area contributed by atoms with Crippen molar-refractivity contribution >= 4 is 12.0 Å². The van der Waals surface area contributed by atoms with E-state index in [1.165, 1.54) is 0 Å². The molecule has 0 atom stereocenters. The standard InChI is InChI=1S/C21H19N4/c1-16-13-17(2)25-20(19-11-7-4-8-12-19)15-24(21(25)23-16)22-14-18-9-5-3-6-10-18/h3-15H,1-2H3/q+1/b22-14-. The number of nitrogens with zero attached hydrogens (tertiary/aromatic N) is 4. The zero-order chi connectivity index (χ0) is 17.2. The van der Waals surface area contributed by atoms with Crippen molar-refractivity contribution in [2.24, 2.45) is 5.10 Å². The zero-order valence-electron chi connectivity index (χ0n) is 14.3. The van der Waals surface area contributed by atoms with Crippen LogP contribution in [0.25, 0.3) is 17.0 Å². The minimum absolute atomic E-state index is 0.809. The molecule has 0 saturated carbocycles. The molecule has 0 amide bonds. The third kappa shape index (κ3) is 2.94. The molecule has 2 aromatic heterocycles. The molecule has 2 heterocycles. The molecule has 122 valence electrons. The highest BCUT2D eigenvalue weighted by atomic mass is 15.4. The van der Waals surface area contributed by atoms with E-state index >= 15 is 0 Å². The van der Waals surface area contributed by atoms with Crippen molar-refractivity contribution in [1.29, 1.82) is 0 Å². The molecule has 2 aromatic carbocycles. The number of imidazole rings is 1. The summed E-state index contributed by atoms with van der Waals surface area (Å²) in [5, 5.41) is 4.64. The first-order valence-corrected chi connectivity index (χ1v) is 8.28. The lowest BCUT2D eigenvalue weighted by molar-refractivity contribution is -0.509. The number of aryl methyl sites for hydroxylation is 2. The van der Waals surface area contributed by atoms with Gasteiger partial charge in [0.05, 0.1) is 11.9 Å². The van der Waals surface area contributed by atoms with Crippen LogP contribution >= 0.6 is 0 Å². The Morgan fingerprint density at radius 3 is 2.36 bits per heavy atom. The predicted octanol–water partition coefficient (Wildman–Crippen LogP) is 3.79. The largest absolute Gasteiger partial charge is 0.428 e. The van der Waals surface area contributed by atoms with E-state index in [2.05, 4.69) is 34.6 Å². The lowest BCUT2D eigenvalue weighted by Gasteiger charge is -1.99. The molecule has 4 heteroatoms. The monoisotopic (exact) mass is 327 g/mol. The molecule has 0 spiro atoms. The Kier molecular flexibility index (Phi) is 3.86. The molecule has 0 aliphatic heterocycles. The summed E-state index contributed by atoms with van der Waals surface area (Å²) in [7, 11) is 0. The van der Waals surface area contributed by atoms with E-state index in [1.54, 1.807) is 0 Å². The highest BCUT2D eigenvalue weighted by Crippen LogP contribution is 2.18. The Morgan fingerprint density at radius 1 is 0.960 bits per heavy atom. The minimum Gasteiger partial charge on any atom is -0.194 e. The van der Waals surface area contributed by atoms with Gasteiger partial charge in [-0.05, 0) is 19.4 Å². The first-order chi connectivity index (χ1) is 12.2. The van der Waals surface area contributed by atoms with E-state index in [0.29, 0.717) is 0 Å². The van der Waals surface area contributed by atoms with Gasteiger partial charge in [-0.15, -0.1) is 9.78 Å². The molecule has 0 N–H and O–H groups in total. The molecule has 0 radical (unpaired) electrons. The molecule has 0 aliphatic carbocycles. The molecule has 0 saturated heterocycles. The van der Waals surface area contributed by atoms with Gasteiger partial charge in [-0.25, -0.2) is 0 Å². The molecule has 25 heavy (non-hydrogen) atoms. The molecule has 4 nitrogen and oxygen atoms in total. The lowest BCUT2D eigenvalue weighted by Crippen LogP contribution is -2.28. The van der Waals surface area contributed by atoms with Crippen molar-refractivity contribution in [3.63, 3.8) is 0 Å². The van der Waals surface area contributed by atoms with Gasteiger partial charge in [0, 0.05) is 11.6 Å². The highest BCUT2D eigenvalue weighted by Gasteiger charge is 2.21. The summed E-state index contributed by atoms with van der Waals surface area (Å²) in [6, 6.07) is 22.5. The Labute approximate surface area is 146 Å². The van der Waals surface area contributed by atoms with E-state index in [0.717, 1.165) is 34.0 Å². The van der Waals surface area contributed by atoms with Gasteiger partial charge in [-0.2, -0.15) is 4.40 Å². The number of aromatic nitrogens is 3. The maximum atomic E-state index is 4.71. The first-order valence-electron chi connectivity index (χ1n) is 8.28. The fourth-order valence-electron chi connectivity index (χ4n) is 3.01. The van der Waals surface area contributed by atoms with E-state index in [9.17, 15) is 0 Å². The second-order valence-electron chi connectivity index (χ2n) is 6.05. The van der Waals surface area contributed by atoms with Crippen LogP contribution in [0.2, 0.25) is 0 Å². The fourth-order valence-corrected chi connectivity index (χ4v) is 3.01. The number of hydrogen-bond donors (Lipinski definition) is 0. The maximum absolute atomic E-state index is 4.71. The predicted molar refractivity (Wildman–Crippen MR) is 99.7 cm³/mol. The minimum atomic E-state index is 0.809. The summed E-state index contributed by atoms with van der Waals surface area (Å²) in [4.78, 5) is 4.71. The van der Waals surface area contributed by atoms with E-state index < -0.39 is 0 Å². The zero-order valence-corrected chi connectivity index (χ0v) is 14.3. The van der Waals surface area contributed by atoms with Crippen molar-refractivity contribution < 1.29 is 4.40 Å². The second-order valence-corrected chi connectivity index (χ2v) is 6.05. The van der Waals surface area contributed by atoms with Crippen molar-refractivity contribution in [2.75, 3.05) is 0 Å². The van der Waals surface area contributed by atoms with Crippen molar-refractivity contribution in [3.05, 3.63) is 89.9 Å². The van der Waals surface area contributed by atoms with Crippen molar-refractivity contribution in [3.8, 4) is 11.3 Å². The van der Waals surface area contributed by atoms with Gasteiger partial charge in [0.25, 0.3) is 0 Å². The Balaban J connectivity index is 1.91. The molecule has 0 bridgehead atoms. The average molecular weight is 327 g/mol. The summed E-state index contributed by atoms with van der Waals surface area (Å²) in [6.45, 7) is 4.10. The van der Waals surface area contributed by atoms with Crippen molar-refractivity contribution in [1.82, 2.24) is 9.66 Å². The Morgan fingerprint density at radius 2 is 1.64 bits per heavy atom. The van der Waals surface area contributed by atoms with Crippen LogP contribution in [0.1, 0.15) is 17.0 Å². The topological polar surface area (TPSA) is 34.3 Å². The van der Waals surface area contributed by atoms with Crippen molar-refractivity contribution in [2.45, 2.75) is 13.8 Å². The summed E-state index contributed by atoms with van der Waals surface area (Å²) < 4.78 is 3.99. The SMILES string of the molecule is Cc1cc(C)[n+]2c(-c3ccccc3)cn(/N=C\c3ccccc3)c2n1. The van der Waals surface area contributed by atoms with E-state index in [-0.39, 0.29) is 0 Å². The second kappa shape index (κ2) is 6.32. The van der Waals surface area contributed by atoms with Crippen LogP contribution in [-0.4, -0.2) is 15.9 Å². The molecule has 0 aliphatic rings. The molecule has 4 aromatic rings. The number of benzene rings is 2. The van der Waals surface area contributed by atoms with E-state index in [4.69, 9.17) is 4.98 Å².